The molecule has 0 unspecified atom stereocenters. The van der Waals surface area contributed by atoms with E-state index in [9.17, 15) is 30.2 Å². The van der Waals surface area contributed by atoms with E-state index < -0.39 is 27.7 Å². The monoisotopic (exact) mass is 445 g/mol. The van der Waals surface area contributed by atoms with Crippen LogP contribution in [0.25, 0.3) is 0 Å². The predicted molar refractivity (Wildman–Crippen MR) is 119 cm³/mol. The molecule has 3 rings (SSSR count). The second-order valence-electron chi connectivity index (χ2n) is 8.92. The Hall–Kier alpha value is -3.18. The van der Waals surface area contributed by atoms with E-state index >= 15 is 0 Å². The van der Waals surface area contributed by atoms with Gasteiger partial charge in [-0.05, 0) is 24.3 Å². The summed E-state index contributed by atoms with van der Waals surface area (Å²) in [5.41, 5.74) is 0.332. The molecule has 0 heterocycles. The van der Waals surface area contributed by atoms with Crippen LogP contribution in [0.3, 0.4) is 0 Å². The molecule has 0 spiro atoms. The Bertz CT molecular complexity index is 986. The van der Waals surface area contributed by atoms with E-state index in [0.29, 0.717) is 24.5 Å². The molecule has 0 amide bonds. The number of phenolic OH excluding ortho intramolecular Hbond substituents is 2. The summed E-state index contributed by atoms with van der Waals surface area (Å²) >= 11 is 0. The number of hydroxylamine groups is 6. The second kappa shape index (κ2) is 8.40. The molecular formula is C22H29N4O6+. The molecule has 0 aromatic heterocycles. The fraction of sp³-hybridized carbons (Fsp3) is 0.364. The average Bonchev–Trinajstić information content (AvgIpc) is 2.66. The Kier molecular flexibility index (Phi) is 6.16. The summed E-state index contributed by atoms with van der Waals surface area (Å²) < 4.78 is -0.823. The van der Waals surface area contributed by atoms with Crippen molar-refractivity contribution in [1.82, 2.24) is 0 Å². The highest BCUT2D eigenvalue weighted by molar-refractivity contribution is 6.33. The largest absolute Gasteiger partial charge is 0.633 e. The lowest BCUT2D eigenvalue weighted by atomic mass is 9.81. The fourth-order valence-electron chi connectivity index (χ4n) is 3.58. The van der Waals surface area contributed by atoms with Crippen molar-refractivity contribution in [3.05, 3.63) is 51.7 Å². The standard InChI is InChI=1S/C22H28N4O6/c1-25(2,31)11-9-23-13-5-6-14(24-10-12-26(3,4)32)18-17(13)21(29)19-15(27)7-8-16(28)20(19)22(18)30/h5-8,31H,9-12H2,1-4H3,(H3-,23,24,27,28,29,30)/p+1. The zero-order valence-corrected chi connectivity index (χ0v) is 18.6. The number of fused-ring (bicyclic) bond motifs is 2. The number of nitrogens with zero attached hydrogens (tertiary/aromatic N) is 2. The van der Waals surface area contributed by atoms with Crippen LogP contribution >= 0.6 is 0 Å². The van der Waals surface area contributed by atoms with Gasteiger partial charge in [-0.15, -0.1) is 0 Å². The lowest BCUT2D eigenvalue weighted by Crippen LogP contribution is -2.39. The van der Waals surface area contributed by atoms with Gasteiger partial charge < -0.3 is 30.7 Å². The third-order valence-corrected chi connectivity index (χ3v) is 5.22. The maximum absolute atomic E-state index is 13.4. The molecule has 0 fully saturated rings. The maximum Gasteiger partial charge on any atom is 0.200 e. The van der Waals surface area contributed by atoms with Crippen molar-refractivity contribution in [2.75, 3.05) is 65.0 Å². The first-order chi connectivity index (χ1) is 14.8. The van der Waals surface area contributed by atoms with Crippen molar-refractivity contribution in [3.8, 4) is 11.5 Å². The van der Waals surface area contributed by atoms with Crippen LogP contribution in [0.2, 0.25) is 0 Å². The minimum absolute atomic E-state index is 0.0577. The first-order valence-corrected chi connectivity index (χ1v) is 10.2. The zero-order valence-electron chi connectivity index (χ0n) is 18.6. The molecular weight excluding hydrogens is 416 g/mol. The van der Waals surface area contributed by atoms with Crippen LogP contribution in [0.4, 0.5) is 11.4 Å². The van der Waals surface area contributed by atoms with Crippen molar-refractivity contribution >= 4 is 22.9 Å². The number of hydrogen-bond donors (Lipinski definition) is 5. The van der Waals surface area contributed by atoms with Gasteiger partial charge in [-0.1, -0.05) is 0 Å². The van der Waals surface area contributed by atoms with E-state index in [-0.39, 0.29) is 40.0 Å². The van der Waals surface area contributed by atoms with Crippen molar-refractivity contribution < 1.29 is 34.3 Å². The number of ketones is 2. The van der Waals surface area contributed by atoms with E-state index in [1.165, 1.54) is 20.2 Å². The van der Waals surface area contributed by atoms with Crippen LogP contribution in [-0.2, 0) is 0 Å². The van der Waals surface area contributed by atoms with Gasteiger partial charge in [0.2, 0.25) is 11.6 Å². The van der Waals surface area contributed by atoms with Crippen molar-refractivity contribution in [2.45, 2.75) is 0 Å². The van der Waals surface area contributed by atoms with Crippen LogP contribution in [0.5, 0.6) is 11.5 Å². The quantitative estimate of drug-likeness (QED) is 0.201. The Balaban J connectivity index is 2.08. The Labute approximate surface area is 186 Å². The summed E-state index contributed by atoms with van der Waals surface area (Å²) in [5, 5.41) is 48.5. The zero-order chi connectivity index (χ0) is 23.8. The molecule has 0 saturated heterocycles. The van der Waals surface area contributed by atoms with Gasteiger partial charge in [0.25, 0.3) is 0 Å². The molecule has 10 nitrogen and oxygen atoms in total. The van der Waals surface area contributed by atoms with E-state index in [2.05, 4.69) is 10.6 Å². The molecule has 2 aromatic carbocycles. The number of nitrogens with one attached hydrogen (secondary N) is 2. The number of aromatic hydroxyl groups is 2. The SMILES string of the molecule is C[N+](C)([O-])CCNc1ccc(NCC[N+](C)(C)O)c2c1C(=O)c1c(O)ccc(O)c1C2=O. The molecule has 1 aliphatic carbocycles. The average molecular weight is 445 g/mol. The minimum Gasteiger partial charge on any atom is -0.633 e. The molecule has 0 radical (unpaired) electrons. The van der Waals surface area contributed by atoms with Gasteiger partial charge in [0.1, 0.15) is 18.0 Å². The van der Waals surface area contributed by atoms with Crippen LogP contribution in [0.15, 0.2) is 24.3 Å². The molecule has 0 bridgehead atoms. The summed E-state index contributed by atoms with van der Waals surface area (Å²) in [6, 6.07) is 5.59. The first-order valence-electron chi connectivity index (χ1n) is 10.2. The maximum atomic E-state index is 13.4. The molecule has 0 atom stereocenters. The predicted octanol–water partition coefficient (Wildman–Crippen LogP) is 1.74. The topological polar surface area (TPSA) is 142 Å². The summed E-state index contributed by atoms with van der Waals surface area (Å²) in [6.45, 7) is 1.12. The molecule has 32 heavy (non-hydrogen) atoms. The molecule has 2 aromatic rings. The Morgan fingerprint density at radius 2 is 1.16 bits per heavy atom. The van der Waals surface area contributed by atoms with Gasteiger partial charge >= 0.3 is 0 Å². The first kappa shape index (κ1) is 23.5. The van der Waals surface area contributed by atoms with E-state index in [1.54, 1.807) is 26.2 Å². The van der Waals surface area contributed by atoms with E-state index in [0.717, 1.165) is 6.07 Å². The third kappa shape index (κ3) is 4.83. The molecule has 10 heteroatoms. The highest BCUT2D eigenvalue weighted by Crippen LogP contribution is 2.42. The van der Waals surface area contributed by atoms with Crippen molar-refractivity contribution in [1.29, 1.82) is 0 Å². The molecule has 0 saturated carbocycles. The minimum atomic E-state index is -0.608. The van der Waals surface area contributed by atoms with Crippen LogP contribution < -0.4 is 10.6 Å². The second-order valence-corrected chi connectivity index (χ2v) is 8.92. The summed E-state index contributed by atoms with van der Waals surface area (Å²) in [4.78, 5) is 26.8. The number of carbonyl (C=O) groups excluding carboxylic acids is 2. The Morgan fingerprint density at radius 3 is 1.53 bits per heavy atom. The fourth-order valence-corrected chi connectivity index (χ4v) is 3.58. The lowest BCUT2D eigenvalue weighted by Gasteiger charge is -2.34. The molecule has 172 valence electrons. The number of hydrogen-bond acceptors (Lipinski definition) is 8. The van der Waals surface area contributed by atoms with Gasteiger partial charge in [-0.2, -0.15) is 4.65 Å². The van der Waals surface area contributed by atoms with Gasteiger partial charge in [-0.25, -0.2) is 5.21 Å². The van der Waals surface area contributed by atoms with Gasteiger partial charge in [0.05, 0.1) is 70.1 Å². The summed E-state index contributed by atoms with van der Waals surface area (Å²) in [6.07, 6.45) is 0. The normalized spacial score (nSPS) is 13.6. The van der Waals surface area contributed by atoms with E-state index in [4.69, 9.17) is 0 Å². The Morgan fingerprint density at radius 1 is 0.750 bits per heavy atom. The summed E-state index contributed by atoms with van der Waals surface area (Å²) in [5.74, 6) is -2.01. The third-order valence-electron chi connectivity index (χ3n) is 5.22. The molecule has 0 aliphatic heterocycles. The van der Waals surface area contributed by atoms with Gasteiger partial charge in [-0.3, -0.25) is 9.59 Å². The van der Waals surface area contributed by atoms with Crippen molar-refractivity contribution in [3.63, 3.8) is 0 Å². The number of phenols is 2. The number of carbonyl (C=O) groups is 2. The number of quaternary nitrogens is 2. The van der Waals surface area contributed by atoms with Crippen LogP contribution in [0, 0.1) is 5.21 Å². The van der Waals surface area contributed by atoms with Crippen molar-refractivity contribution in [2.24, 2.45) is 0 Å². The molecule has 1 aliphatic rings. The van der Waals surface area contributed by atoms with Gasteiger partial charge in [0.15, 0.2) is 0 Å². The number of likely N-dealkylation sites (N-methyl/N-ethyl adjacent to an activating group) is 2. The van der Waals surface area contributed by atoms with Crippen LogP contribution in [0.1, 0.15) is 31.8 Å². The number of rotatable bonds is 8. The number of anilines is 2. The highest BCUT2D eigenvalue weighted by Gasteiger charge is 2.38. The molecule has 5 N–H and O–H groups in total. The van der Waals surface area contributed by atoms with E-state index in [1.807, 2.05) is 0 Å². The highest BCUT2D eigenvalue weighted by atomic mass is 16.5. The van der Waals surface area contributed by atoms with Crippen LogP contribution in [-0.4, -0.2) is 90.6 Å². The summed E-state index contributed by atoms with van der Waals surface area (Å²) in [7, 11) is 6.20. The lowest BCUT2D eigenvalue weighted by molar-refractivity contribution is -1.07. The van der Waals surface area contributed by atoms with Gasteiger partial charge in [0, 0.05) is 11.4 Å². The smallest absolute Gasteiger partial charge is 0.200 e. The number of benzene rings is 2.